The molecular formula is C20H23ClN4OS. The van der Waals surface area contributed by atoms with E-state index in [9.17, 15) is 4.79 Å². The van der Waals surface area contributed by atoms with Crippen molar-refractivity contribution in [2.24, 2.45) is 5.92 Å². The average molecular weight is 403 g/mol. The molecule has 2 heterocycles. The molecule has 27 heavy (non-hydrogen) atoms. The van der Waals surface area contributed by atoms with E-state index in [-0.39, 0.29) is 17.7 Å². The standard InChI is InChI=1S/C20H23ClN4OS/c1-12-11-27-18(22-12)10-25(2)20(26)15-6-4-3-5-14(15)19-23-16-8-7-13(21)9-17(16)24-19/h7-9,11,14-15H,3-6,10H2,1-2H3,(H,23,24)/t14-,15+/m0/s1. The number of rotatable bonds is 4. The summed E-state index contributed by atoms with van der Waals surface area (Å²) in [5, 5.41) is 3.69. The van der Waals surface area contributed by atoms with Gasteiger partial charge in [0.2, 0.25) is 5.91 Å². The fourth-order valence-corrected chi connectivity index (χ4v) is 4.97. The normalized spacial score (nSPS) is 20.1. The number of aromatic amines is 1. The van der Waals surface area contributed by atoms with E-state index in [4.69, 9.17) is 16.6 Å². The summed E-state index contributed by atoms with van der Waals surface area (Å²) >= 11 is 7.71. The van der Waals surface area contributed by atoms with Gasteiger partial charge in [-0.15, -0.1) is 11.3 Å². The van der Waals surface area contributed by atoms with Crippen molar-refractivity contribution in [1.82, 2.24) is 19.9 Å². The van der Waals surface area contributed by atoms with Crippen molar-refractivity contribution in [1.29, 1.82) is 0 Å². The van der Waals surface area contributed by atoms with E-state index in [2.05, 4.69) is 9.97 Å². The van der Waals surface area contributed by atoms with E-state index in [0.717, 1.165) is 53.2 Å². The Bertz CT molecular complexity index is 966. The van der Waals surface area contributed by atoms with Gasteiger partial charge < -0.3 is 9.88 Å². The van der Waals surface area contributed by atoms with Crippen molar-refractivity contribution >= 4 is 39.9 Å². The van der Waals surface area contributed by atoms with Crippen molar-refractivity contribution in [2.45, 2.75) is 45.1 Å². The molecule has 3 aromatic rings. The Labute approximate surface area is 167 Å². The van der Waals surface area contributed by atoms with Crippen LogP contribution >= 0.6 is 22.9 Å². The first kappa shape index (κ1) is 18.4. The number of carbonyl (C=O) groups is 1. The van der Waals surface area contributed by atoms with Gasteiger partial charge in [-0.25, -0.2) is 9.97 Å². The van der Waals surface area contributed by atoms with E-state index in [1.807, 2.05) is 42.5 Å². The number of amides is 1. The number of nitrogens with zero attached hydrogens (tertiary/aromatic N) is 3. The van der Waals surface area contributed by atoms with Gasteiger partial charge in [-0.3, -0.25) is 4.79 Å². The number of imidazole rings is 1. The number of benzene rings is 1. The fraction of sp³-hybridized carbons (Fsp3) is 0.450. The molecule has 1 aromatic carbocycles. The number of hydrogen-bond donors (Lipinski definition) is 1. The van der Waals surface area contributed by atoms with Crippen molar-refractivity contribution in [3.8, 4) is 0 Å². The second kappa shape index (κ2) is 7.60. The lowest BCUT2D eigenvalue weighted by Crippen LogP contribution is -2.37. The number of H-pyrrole nitrogens is 1. The third-order valence-corrected chi connectivity index (χ3v) is 6.50. The van der Waals surface area contributed by atoms with Crippen LogP contribution < -0.4 is 0 Å². The first-order valence-electron chi connectivity index (χ1n) is 9.32. The maximum atomic E-state index is 13.2. The van der Waals surface area contributed by atoms with Crippen LogP contribution in [-0.4, -0.2) is 32.8 Å². The van der Waals surface area contributed by atoms with Crippen molar-refractivity contribution in [2.75, 3.05) is 7.05 Å². The SMILES string of the molecule is Cc1csc(CN(C)C(=O)[C@@H]2CCCC[C@@H]2c2nc3ccc(Cl)cc3[nH]2)n1. The molecular weight excluding hydrogens is 380 g/mol. The monoisotopic (exact) mass is 402 g/mol. The minimum absolute atomic E-state index is 0.0409. The van der Waals surface area contributed by atoms with Crippen LogP contribution in [0.2, 0.25) is 5.02 Å². The zero-order chi connectivity index (χ0) is 19.0. The molecule has 1 aliphatic rings. The average Bonchev–Trinajstić information content (AvgIpc) is 3.26. The molecule has 0 spiro atoms. The van der Waals surface area contributed by atoms with Gasteiger partial charge in [-0.05, 0) is 38.0 Å². The van der Waals surface area contributed by atoms with Crippen LogP contribution in [0.5, 0.6) is 0 Å². The number of aromatic nitrogens is 3. The predicted molar refractivity (Wildman–Crippen MR) is 109 cm³/mol. The third-order valence-electron chi connectivity index (χ3n) is 5.31. The first-order valence-corrected chi connectivity index (χ1v) is 10.6. The molecule has 0 radical (unpaired) electrons. The number of thiazole rings is 1. The van der Waals surface area contributed by atoms with Crippen molar-refractivity contribution < 1.29 is 4.79 Å². The molecule has 1 saturated carbocycles. The van der Waals surface area contributed by atoms with E-state index in [1.165, 1.54) is 0 Å². The zero-order valence-corrected chi connectivity index (χ0v) is 17.1. The minimum atomic E-state index is -0.0409. The summed E-state index contributed by atoms with van der Waals surface area (Å²) in [5.74, 6) is 1.17. The Morgan fingerprint density at radius 2 is 2.15 bits per heavy atom. The number of carbonyl (C=O) groups excluding carboxylic acids is 1. The Hall–Kier alpha value is -1.92. The summed E-state index contributed by atoms with van der Waals surface area (Å²) in [6, 6.07) is 5.67. The summed E-state index contributed by atoms with van der Waals surface area (Å²) < 4.78 is 0. The van der Waals surface area contributed by atoms with E-state index >= 15 is 0 Å². The van der Waals surface area contributed by atoms with Crippen LogP contribution in [0.15, 0.2) is 23.6 Å². The van der Waals surface area contributed by atoms with Crippen LogP contribution in [0.3, 0.4) is 0 Å². The zero-order valence-electron chi connectivity index (χ0n) is 15.5. The highest BCUT2D eigenvalue weighted by atomic mass is 35.5. The predicted octanol–water partition coefficient (Wildman–Crippen LogP) is 4.91. The summed E-state index contributed by atoms with van der Waals surface area (Å²) in [6.45, 7) is 2.54. The molecule has 142 valence electrons. The van der Waals surface area contributed by atoms with Gasteiger partial charge in [-0.2, -0.15) is 0 Å². The molecule has 5 nitrogen and oxygen atoms in total. The molecule has 1 aliphatic carbocycles. The summed E-state index contributed by atoms with van der Waals surface area (Å²) in [4.78, 5) is 27.7. The van der Waals surface area contributed by atoms with Crippen molar-refractivity contribution in [3.63, 3.8) is 0 Å². The lowest BCUT2D eigenvalue weighted by molar-refractivity contribution is -0.136. The molecule has 1 amide bonds. The molecule has 1 N–H and O–H groups in total. The second-order valence-corrected chi connectivity index (χ2v) is 8.74. The Morgan fingerprint density at radius 1 is 1.33 bits per heavy atom. The van der Waals surface area contributed by atoms with Crippen LogP contribution in [0.4, 0.5) is 0 Å². The maximum absolute atomic E-state index is 13.2. The minimum Gasteiger partial charge on any atom is -0.342 e. The molecule has 0 saturated heterocycles. The highest BCUT2D eigenvalue weighted by Crippen LogP contribution is 2.38. The molecule has 1 fully saturated rings. The maximum Gasteiger partial charge on any atom is 0.226 e. The van der Waals surface area contributed by atoms with Crippen LogP contribution in [0.1, 0.15) is 48.1 Å². The van der Waals surface area contributed by atoms with Gasteiger partial charge in [0, 0.05) is 35.0 Å². The van der Waals surface area contributed by atoms with Crippen molar-refractivity contribution in [3.05, 3.63) is 45.1 Å². The number of nitrogens with one attached hydrogen (secondary N) is 1. The summed E-state index contributed by atoms with van der Waals surface area (Å²) in [5.41, 5.74) is 2.84. The largest absolute Gasteiger partial charge is 0.342 e. The first-order chi connectivity index (χ1) is 13.0. The lowest BCUT2D eigenvalue weighted by atomic mass is 9.78. The summed E-state index contributed by atoms with van der Waals surface area (Å²) in [6.07, 6.45) is 4.10. The summed E-state index contributed by atoms with van der Waals surface area (Å²) in [7, 11) is 1.88. The lowest BCUT2D eigenvalue weighted by Gasteiger charge is -2.32. The van der Waals surface area contributed by atoms with Crippen LogP contribution in [-0.2, 0) is 11.3 Å². The van der Waals surface area contributed by atoms with Gasteiger partial charge >= 0.3 is 0 Å². The van der Waals surface area contributed by atoms with Gasteiger partial charge in [0.15, 0.2) is 0 Å². The molecule has 4 rings (SSSR count). The molecule has 0 unspecified atom stereocenters. The Kier molecular flexibility index (Phi) is 5.19. The molecule has 0 bridgehead atoms. The molecule has 0 aliphatic heterocycles. The van der Waals surface area contributed by atoms with Crippen LogP contribution in [0.25, 0.3) is 11.0 Å². The molecule has 7 heteroatoms. The van der Waals surface area contributed by atoms with Gasteiger partial charge in [0.05, 0.1) is 17.6 Å². The quantitative estimate of drug-likeness (QED) is 0.674. The molecule has 2 atom stereocenters. The van der Waals surface area contributed by atoms with Gasteiger partial charge in [0.25, 0.3) is 0 Å². The van der Waals surface area contributed by atoms with E-state index in [0.29, 0.717) is 11.6 Å². The number of hydrogen-bond acceptors (Lipinski definition) is 4. The second-order valence-electron chi connectivity index (χ2n) is 7.36. The topological polar surface area (TPSA) is 61.9 Å². The number of aryl methyl sites for hydroxylation is 1. The van der Waals surface area contributed by atoms with E-state index in [1.54, 1.807) is 11.3 Å². The number of fused-ring (bicyclic) bond motifs is 1. The Balaban J connectivity index is 1.56. The molecule has 2 aromatic heterocycles. The third kappa shape index (κ3) is 3.87. The van der Waals surface area contributed by atoms with Gasteiger partial charge in [-0.1, -0.05) is 24.4 Å². The smallest absolute Gasteiger partial charge is 0.226 e. The van der Waals surface area contributed by atoms with E-state index < -0.39 is 0 Å². The van der Waals surface area contributed by atoms with Gasteiger partial charge in [0.1, 0.15) is 10.8 Å². The van der Waals surface area contributed by atoms with Crippen LogP contribution in [0, 0.1) is 12.8 Å². The number of halogens is 1. The Morgan fingerprint density at radius 3 is 2.93 bits per heavy atom. The fourth-order valence-electron chi connectivity index (χ4n) is 3.97. The highest BCUT2D eigenvalue weighted by Gasteiger charge is 2.35. The highest BCUT2D eigenvalue weighted by molar-refractivity contribution is 7.09.